The van der Waals surface area contributed by atoms with Crippen molar-refractivity contribution < 1.29 is 8.42 Å². The standard InChI is InChI=1S/C13H9N7O2S/c14-8-11(9-15)19-18-10-2-4-12(5-3-10)23(21,22)20-13-16-6-1-7-17-13/h1-7,11H,(H,16,17,20). The van der Waals surface area contributed by atoms with Crippen LogP contribution in [-0.4, -0.2) is 24.4 Å². The number of rotatable bonds is 5. The number of aromatic nitrogens is 2. The van der Waals surface area contributed by atoms with E-state index in [0.717, 1.165) is 0 Å². The molecule has 0 fully saturated rings. The van der Waals surface area contributed by atoms with Gasteiger partial charge in [-0.1, -0.05) is 0 Å². The zero-order chi connectivity index (χ0) is 16.7. The average Bonchev–Trinajstić information content (AvgIpc) is 2.57. The van der Waals surface area contributed by atoms with Crippen molar-refractivity contribution in [2.75, 3.05) is 4.72 Å². The summed E-state index contributed by atoms with van der Waals surface area (Å²) in [6, 6.07) is 9.07. The fourth-order valence-corrected chi connectivity index (χ4v) is 2.39. The topological polar surface area (TPSA) is 144 Å². The molecule has 0 spiro atoms. The largest absolute Gasteiger partial charge is 0.264 e. The highest BCUT2D eigenvalue weighted by molar-refractivity contribution is 7.92. The molecule has 0 aliphatic carbocycles. The molecule has 2 rings (SSSR count). The van der Waals surface area contributed by atoms with Gasteiger partial charge in [-0.05, 0) is 30.3 Å². The second-order valence-corrected chi connectivity index (χ2v) is 5.73. The van der Waals surface area contributed by atoms with Gasteiger partial charge in [0.15, 0.2) is 0 Å². The summed E-state index contributed by atoms with van der Waals surface area (Å²) >= 11 is 0. The molecule has 1 heterocycles. The van der Waals surface area contributed by atoms with E-state index in [4.69, 9.17) is 10.5 Å². The molecule has 0 saturated heterocycles. The van der Waals surface area contributed by atoms with Crippen LogP contribution in [0.1, 0.15) is 0 Å². The lowest BCUT2D eigenvalue weighted by Gasteiger charge is -2.06. The van der Waals surface area contributed by atoms with Gasteiger partial charge < -0.3 is 0 Å². The maximum Gasteiger partial charge on any atom is 0.264 e. The van der Waals surface area contributed by atoms with Gasteiger partial charge >= 0.3 is 0 Å². The normalized spacial score (nSPS) is 11.1. The molecule has 0 unspecified atom stereocenters. The van der Waals surface area contributed by atoms with Gasteiger partial charge in [-0.2, -0.15) is 20.8 Å². The first-order valence-electron chi connectivity index (χ1n) is 6.15. The van der Waals surface area contributed by atoms with E-state index in [1.165, 1.54) is 36.7 Å². The van der Waals surface area contributed by atoms with Crippen molar-refractivity contribution in [2.24, 2.45) is 10.2 Å². The van der Waals surface area contributed by atoms with Crippen molar-refractivity contribution in [1.29, 1.82) is 10.5 Å². The first kappa shape index (κ1) is 16.0. The summed E-state index contributed by atoms with van der Waals surface area (Å²) in [4.78, 5) is 7.54. The predicted molar refractivity (Wildman–Crippen MR) is 78.8 cm³/mol. The van der Waals surface area contributed by atoms with E-state index < -0.39 is 16.1 Å². The lowest BCUT2D eigenvalue weighted by Crippen LogP contribution is -2.14. The summed E-state index contributed by atoms with van der Waals surface area (Å²) in [5.41, 5.74) is 0.315. The zero-order valence-electron chi connectivity index (χ0n) is 11.5. The smallest absolute Gasteiger partial charge is 0.247 e. The lowest BCUT2D eigenvalue weighted by molar-refractivity contribution is 0.601. The highest BCUT2D eigenvalue weighted by atomic mass is 32.2. The van der Waals surface area contributed by atoms with Gasteiger partial charge in [0.2, 0.25) is 12.0 Å². The SMILES string of the molecule is N#CC(C#N)N=Nc1ccc(S(=O)(=O)Nc2ncccn2)cc1. The molecule has 1 N–H and O–H groups in total. The summed E-state index contributed by atoms with van der Waals surface area (Å²) in [6.07, 6.45) is 2.82. The molecule has 0 aliphatic heterocycles. The van der Waals surface area contributed by atoms with E-state index in [0.29, 0.717) is 5.69 Å². The Kier molecular flexibility index (Phi) is 4.92. The number of azo groups is 1. The van der Waals surface area contributed by atoms with E-state index in [1.54, 1.807) is 18.2 Å². The van der Waals surface area contributed by atoms with E-state index in [-0.39, 0.29) is 10.8 Å². The Labute approximate surface area is 132 Å². The van der Waals surface area contributed by atoms with E-state index >= 15 is 0 Å². The number of nitrogens with one attached hydrogen (secondary N) is 1. The molecule has 114 valence electrons. The molecular formula is C13H9N7O2S. The summed E-state index contributed by atoms with van der Waals surface area (Å²) in [5.74, 6) is -0.0397. The number of nitrogens with zero attached hydrogens (tertiary/aromatic N) is 6. The Morgan fingerprint density at radius 3 is 2.26 bits per heavy atom. The highest BCUT2D eigenvalue weighted by Gasteiger charge is 2.15. The van der Waals surface area contributed by atoms with Crippen LogP contribution in [0.3, 0.4) is 0 Å². The third kappa shape index (κ3) is 4.30. The molecular weight excluding hydrogens is 318 g/mol. The molecule has 10 heteroatoms. The molecule has 2 aromatic rings. The van der Waals surface area contributed by atoms with Crippen LogP contribution in [0.5, 0.6) is 0 Å². The number of sulfonamides is 1. The second kappa shape index (κ2) is 7.06. The fraction of sp³-hybridized carbons (Fsp3) is 0.0769. The molecule has 0 amide bonds. The van der Waals surface area contributed by atoms with Gasteiger partial charge in [-0.3, -0.25) is 0 Å². The molecule has 0 bridgehead atoms. The molecule has 0 atom stereocenters. The van der Waals surface area contributed by atoms with Crippen LogP contribution >= 0.6 is 0 Å². The van der Waals surface area contributed by atoms with Crippen LogP contribution < -0.4 is 4.72 Å². The van der Waals surface area contributed by atoms with Gasteiger partial charge in [-0.25, -0.2) is 23.1 Å². The first-order chi connectivity index (χ1) is 11.0. The van der Waals surface area contributed by atoms with Crippen LogP contribution in [0.15, 0.2) is 57.8 Å². The highest BCUT2D eigenvalue weighted by Crippen LogP contribution is 2.18. The van der Waals surface area contributed by atoms with Crippen molar-refractivity contribution in [1.82, 2.24) is 9.97 Å². The van der Waals surface area contributed by atoms with Gasteiger partial charge in [0.1, 0.15) is 12.1 Å². The Hall–Kier alpha value is -3.37. The van der Waals surface area contributed by atoms with Crippen molar-refractivity contribution in [3.63, 3.8) is 0 Å². The Morgan fingerprint density at radius 2 is 1.70 bits per heavy atom. The minimum atomic E-state index is -3.82. The van der Waals surface area contributed by atoms with Gasteiger partial charge in [0, 0.05) is 12.4 Å². The van der Waals surface area contributed by atoms with Crippen LogP contribution in [0.25, 0.3) is 0 Å². The minimum Gasteiger partial charge on any atom is -0.247 e. The number of nitriles is 2. The number of hydrogen-bond acceptors (Lipinski definition) is 8. The molecule has 1 aromatic heterocycles. The third-order valence-corrected chi connectivity index (χ3v) is 3.82. The third-order valence-electron chi connectivity index (χ3n) is 2.47. The van der Waals surface area contributed by atoms with E-state index in [1.807, 2.05) is 0 Å². The monoisotopic (exact) mass is 327 g/mol. The Balaban J connectivity index is 2.16. The van der Waals surface area contributed by atoms with Crippen LogP contribution in [0, 0.1) is 22.7 Å². The quantitative estimate of drug-likeness (QED) is 0.828. The Bertz CT molecular complexity index is 867. The molecule has 0 saturated carbocycles. The van der Waals surface area contributed by atoms with Crippen LogP contribution in [0.2, 0.25) is 0 Å². The zero-order valence-corrected chi connectivity index (χ0v) is 12.3. The van der Waals surface area contributed by atoms with Crippen molar-refractivity contribution >= 4 is 21.7 Å². The summed E-state index contributed by atoms with van der Waals surface area (Å²) in [6.45, 7) is 0. The molecule has 1 aromatic carbocycles. The van der Waals surface area contributed by atoms with Gasteiger partial charge in [-0.15, -0.1) is 0 Å². The summed E-state index contributed by atoms with van der Waals surface area (Å²) in [5, 5.41) is 24.3. The maximum atomic E-state index is 12.1. The number of anilines is 1. The molecule has 0 radical (unpaired) electrons. The number of hydrogen-bond donors (Lipinski definition) is 1. The maximum absolute atomic E-state index is 12.1. The summed E-state index contributed by atoms with van der Waals surface area (Å²) in [7, 11) is -3.82. The van der Waals surface area contributed by atoms with Crippen molar-refractivity contribution in [2.45, 2.75) is 10.9 Å². The van der Waals surface area contributed by atoms with Crippen LogP contribution in [-0.2, 0) is 10.0 Å². The molecule has 9 nitrogen and oxygen atoms in total. The fourth-order valence-electron chi connectivity index (χ4n) is 1.43. The number of benzene rings is 1. The Morgan fingerprint density at radius 1 is 1.09 bits per heavy atom. The van der Waals surface area contributed by atoms with E-state index in [9.17, 15) is 8.42 Å². The van der Waals surface area contributed by atoms with Crippen molar-refractivity contribution in [3.05, 3.63) is 42.7 Å². The first-order valence-corrected chi connectivity index (χ1v) is 7.63. The van der Waals surface area contributed by atoms with Gasteiger partial charge in [0.05, 0.1) is 10.6 Å². The van der Waals surface area contributed by atoms with Crippen LogP contribution in [0.4, 0.5) is 11.6 Å². The second-order valence-electron chi connectivity index (χ2n) is 4.05. The molecule has 23 heavy (non-hydrogen) atoms. The lowest BCUT2D eigenvalue weighted by atomic mass is 10.3. The van der Waals surface area contributed by atoms with Crippen molar-refractivity contribution in [3.8, 4) is 12.1 Å². The van der Waals surface area contributed by atoms with Gasteiger partial charge in [0.25, 0.3) is 10.0 Å². The molecule has 0 aliphatic rings. The average molecular weight is 327 g/mol. The summed E-state index contributed by atoms with van der Waals surface area (Å²) < 4.78 is 26.5. The predicted octanol–water partition coefficient (Wildman–Crippen LogP) is 1.78. The minimum absolute atomic E-state index is 0.0129. The van der Waals surface area contributed by atoms with E-state index in [2.05, 4.69) is 24.9 Å².